The summed E-state index contributed by atoms with van der Waals surface area (Å²) in [5, 5.41) is -0.00861. The molecule has 1 aromatic carbocycles. The summed E-state index contributed by atoms with van der Waals surface area (Å²) >= 11 is 6.20. The maximum absolute atomic E-state index is 13.4. The first-order chi connectivity index (χ1) is 6.11. The average Bonchev–Trinajstić information content (AvgIpc) is 2.38. The van der Waals surface area contributed by atoms with Crippen molar-refractivity contribution in [2.45, 2.75) is 25.6 Å². The first kappa shape index (κ1) is 9.01. The fourth-order valence-corrected chi connectivity index (χ4v) is 2.45. The predicted molar refractivity (Wildman–Crippen MR) is 52.6 cm³/mol. The van der Waals surface area contributed by atoms with Crippen molar-refractivity contribution in [3.63, 3.8) is 0 Å². The Morgan fingerprint density at radius 2 is 2.15 bits per heavy atom. The standard InChI is InChI=1S/C11H12ClF/c1-6-3-4-9(13)8-5-7(2)11(12)10(6)8/h3-4,7,11H,5H2,1-2H3. The van der Waals surface area contributed by atoms with Gasteiger partial charge in [0.25, 0.3) is 0 Å². The molecular weight excluding hydrogens is 187 g/mol. The number of hydrogen-bond acceptors (Lipinski definition) is 0. The molecule has 70 valence electrons. The van der Waals surface area contributed by atoms with E-state index in [1.165, 1.54) is 6.07 Å². The van der Waals surface area contributed by atoms with Crippen LogP contribution in [-0.4, -0.2) is 0 Å². The number of fused-ring (bicyclic) bond motifs is 1. The van der Waals surface area contributed by atoms with Gasteiger partial charge in [0.15, 0.2) is 0 Å². The Labute approximate surface area is 82.7 Å². The van der Waals surface area contributed by atoms with Gasteiger partial charge in [0.2, 0.25) is 0 Å². The van der Waals surface area contributed by atoms with E-state index in [0.717, 1.165) is 23.1 Å². The third-order valence-corrected chi connectivity index (χ3v) is 3.47. The lowest BCUT2D eigenvalue weighted by atomic mass is 10.0. The van der Waals surface area contributed by atoms with E-state index < -0.39 is 0 Å². The highest BCUT2D eigenvalue weighted by atomic mass is 35.5. The van der Waals surface area contributed by atoms with Crippen LogP contribution in [-0.2, 0) is 6.42 Å². The van der Waals surface area contributed by atoms with Crippen LogP contribution in [0, 0.1) is 18.7 Å². The number of aryl methyl sites for hydroxylation is 1. The summed E-state index contributed by atoms with van der Waals surface area (Å²) in [5.74, 6) is 0.253. The summed E-state index contributed by atoms with van der Waals surface area (Å²) in [6.45, 7) is 4.06. The lowest BCUT2D eigenvalue weighted by Crippen LogP contribution is -1.96. The summed E-state index contributed by atoms with van der Waals surface area (Å²) in [5.41, 5.74) is 2.96. The largest absolute Gasteiger partial charge is 0.207 e. The second-order valence-corrected chi connectivity index (χ2v) is 4.31. The fraction of sp³-hybridized carbons (Fsp3) is 0.455. The first-order valence-corrected chi connectivity index (χ1v) is 4.97. The molecular formula is C11H12ClF. The Hall–Kier alpha value is -0.560. The van der Waals surface area contributed by atoms with Crippen molar-refractivity contribution in [3.05, 3.63) is 34.6 Å². The quantitative estimate of drug-likeness (QED) is 0.559. The highest BCUT2D eigenvalue weighted by molar-refractivity contribution is 6.21. The van der Waals surface area contributed by atoms with Gasteiger partial charge in [-0.2, -0.15) is 0 Å². The fourth-order valence-electron chi connectivity index (χ4n) is 2.06. The molecule has 0 bridgehead atoms. The van der Waals surface area contributed by atoms with Crippen molar-refractivity contribution >= 4 is 11.6 Å². The molecule has 0 spiro atoms. The van der Waals surface area contributed by atoms with Gasteiger partial charge >= 0.3 is 0 Å². The average molecular weight is 199 g/mol. The molecule has 2 unspecified atom stereocenters. The van der Waals surface area contributed by atoms with E-state index in [1.54, 1.807) is 0 Å². The van der Waals surface area contributed by atoms with Crippen LogP contribution in [0.3, 0.4) is 0 Å². The second-order valence-electron chi connectivity index (χ2n) is 3.84. The van der Waals surface area contributed by atoms with Crippen LogP contribution < -0.4 is 0 Å². The minimum atomic E-state index is -0.101. The van der Waals surface area contributed by atoms with Crippen molar-refractivity contribution in [3.8, 4) is 0 Å². The maximum Gasteiger partial charge on any atom is 0.126 e. The summed E-state index contributed by atoms with van der Waals surface area (Å²) in [4.78, 5) is 0. The van der Waals surface area contributed by atoms with Gasteiger partial charge in [-0.15, -0.1) is 11.6 Å². The summed E-state index contributed by atoms with van der Waals surface area (Å²) in [6, 6.07) is 3.34. The number of hydrogen-bond donors (Lipinski definition) is 0. The molecule has 0 saturated carbocycles. The van der Waals surface area contributed by atoms with Crippen molar-refractivity contribution in [1.29, 1.82) is 0 Å². The molecule has 0 heterocycles. The Kier molecular flexibility index (Phi) is 2.07. The Bertz CT molecular complexity index is 346. The molecule has 0 amide bonds. The maximum atomic E-state index is 13.4. The molecule has 0 nitrogen and oxygen atoms in total. The zero-order valence-corrected chi connectivity index (χ0v) is 8.53. The molecule has 0 N–H and O–H groups in total. The Morgan fingerprint density at radius 1 is 1.46 bits per heavy atom. The first-order valence-electron chi connectivity index (χ1n) is 4.53. The molecule has 0 aromatic heterocycles. The second kappa shape index (κ2) is 2.98. The summed E-state index contributed by atoms with van der Waals surface area (Å²) in [6.07, 6.45) is 0.775. The molecule has 13 heavy (non-hydrogen) atoms. The molecule has 2 rings (SSSR count). The number of rotatable bonds is 0. The van der Waals surface area contributed by atoms with Crippen LogP contribution in [0.2, 0.25) is 0 Å². The van der Waals surface area contributed by atoms with Crippen molar-refractivity contribution < 1.29 is 4.39 Å². The molecule has 0 radical (unpaired) electrons. The Balaban J connectivity index is 2.61. The van der Waals surface area contributed by atoms with Gasteiger partial charge in [0.1, 0.15) is 5.82 Å². The molecule has 0 saturated heterocycles. The SMILES string of the molecule is Cc1ccc(F)c2c1C(Cl)C(C)C2. The van der Waals surface area contributed by atoms with Crippen LogP contribution >= 0.6 is 11.6 Å². The van der Waals surface area contributed by atoms with E-state index in [2.05, 4.69) is 6.92 Å². The minimum Gasteiger partial charge on any atom is -0.207 e. The zero-order chi connectivity index (χ0) is 9.59. The molecule has 1 aliphatic carbocycles. The van der Waals surface area contributed by atoms with E-state index in [-0.39, 0.29) is 11.2 Å². The molecule has 1 aliphatic rings. The van der Waals surface area contributed by atoms with Crippen molar-refractivity contribution in [1.82, 2.24) is 0 Å². The third-order valence-electron chi connectivity index (χ3n) is 2.82. The van der Waals surface area contributed by atoms with Crippen molar-refractivity contribution in [2.75, 3.05) is 0 Å². The van der Waals surface area contributed by atoms with E-state index >= 15 is 0 Å². The van der Waals surface area contributed by atoms with Gasteiger partial charge in [-0.1, -0.05) is 13.0 Å². The molecule has 2 atom stereocenters. The minimum absolute atomic E-state index is 0.00861. The lowest BCUT2D eigenvalue weighted by molar-refractivity contribution is 0.580. The predicted octanol–water partition coefficient (Wildman–Crippen LogP) is 3.61. The molecule has 0 aliphatic heterocycles. The van der Waals surface area contributed by atoms with E-state index in [9.17, 15) is 4.39 Å². The zero-order valence-electron chi connectivity index (χ0n) is 7.77. The van der Waals surface area contributed by atoms with Crippen LogP contribution in [0.15, 0.2) is 12.1 Å². The van der Waals surface area contributed by atoms with Crippen molar-refractivity contribution in [2.24, 2.45) is 5.92 Å². The van der Waals surface area contributed by atoms with E-state index in [1.807, 2.05) is 13.0 Å². The monoisotopic (exact) mass is 198 g/mol. The van der Waals surface area contributed by atoms with Gasteiger partial charge in [-0.05, 0) is 42.0 Å². The normalized spacial score (nSPS) is 26.2. The van der Waals surface area contributed by atoms with Crippen LogP contribution in [0.25, 0.3) is 0 Å². The number of benzene rings is 1. The highest BCUT2D eigenvalue weighted by Crippen LogP contribution is 2.43. The van der Waals surface area contributed by atoms with Gasteiger partial charge in [0.05, 0.1) is 5.38 Å². The van der Waals surface area contributed by atoms with Gasteiger partial charge < -0.3 is 0 Å². The summed E-state index contributed by atoms with van der Waals surface area (Å²) < 4.78 is 13.4. The van der Waals surface area contributed by atoms with Gasteiger partial charge in [0, 0.05) is 0 Å². The Morgan fingerprint density at radius 3 is 2.77 bits per heavy atom. The van der Waals surface area contributed by atoms with Gasteiger partial charge in [-0.3, -0.25) is 0 Å². The van der Waals surface area contributed by atoms with Crippen LogP contribution in [0.5, 0.6) is 0 Å². The summed E-state index contributed by atoms with van der Waals surface area (Å²) in [7, 11) is 0. The van der Waals surface area contributed by atoms with Gasteiger partial charge in [-0.25, -0.2) is 4.39 Å². The third kappa shape index (κ3) is 1.26. The molecule has 1 aromatic rings. The van der Waals surface area contributed by atoms with E-state index in [0.29, 0.717) is 5.92 Å². The smallest absolute Gasteiger partial charge is 0.126 e. The lowest BCUT2D eigenvalue weighted by Gasteiger charge is -2.09. The van der Waals surface area contributed by atoms with Crippen LogP contribution in [0.1, 0.15) is 29.0 Å². The number of alkyl halides is 1. The molecule has 2 heteroatoms. The molecule has 0 fully saturated rings. The van der Waals surface area contributed by atoms with E-state index in [4.69, 9.17) is 11.6 Å². The van der Waals surface area contributed by atoms with Crippen LogP contribution in [0.4, 0.5) is 4.39 Å². The number of halogens is 2. The topological polar surface area (TPSA) is 0 Å². The highest BCUT2D eigenvalue weighted by Gasteiger charge is 2.30.